The molecule has 21 heavy (non-hydrogen) atoms. The molecule has 0 unspecified atom stereocenters. The van der Waals surface area contributed by atoms with Gasteiger partial charge in [-0.1, -0.05) is 5.16 Å². The van der Waals surface area contributed by atoms with Crippen LogP contribution in [-0.2, 0) is 14.8 Å². The van der Waals surface area contributed by atoms with Crippen molar-refractivity contribution in [3.8, 4) is 0 Å². The molecule has 3 N–H and O–H groups in total. The Morgan fingerprint density at radius 1 is 1.33 bits per heavy atom. The maximum atomic E-state index is 12.2. The lowest BCUT2D eigenvalue weighted by Crippen LogP contribution is -2.60. The van der Waals surface area contributed by atoms with Crippen LogP contribution in [0.1, 0.15) is 20.3 Å². The van der Waals surface area contributed by atoms with E-state index in [2.05, 4.69) is 5.16 Å². The minimum Gasteiger partial charge on any atom is -0.409 e. The van der Waals surface area contributed by atoms with E-state index in [9.17, 15) is 8.42 Å². The van der Waals surface area contributed by atoms with Gasteiger partial charge in [0.25, 0.3) is 0 Å². The Kier molecular flexibility index (Phi) is 6.39. The molecule has 9 heteroatoms. The molecule has 0 aromatic rings. The van der Waals surface area contributed by atoms with Crippen LogP contribution >= 0.6 is 0 Å². The number of oxime groups is 1. The maximum absolute atomic E-state index is 12.2. The molecule has 1 saturated heterocycles. The highest BCUT2D eigenvalue weighted by molar-refractivity contribution is 7.89. The quantitative estimate of drug-likeness (QED) is 0.215. The SMILES string of the molecule is COCCCS(=O)(=O)N1CCN(C(C)(C)C(N)=NO)CC1. The summed E-state index contributed by atoms with van der Waals surface area (Å²) in [7, 11) is -1.68. The highest BCUT2D eigenvalue weighted by Gasteiger charge is 2.36. The van der Waals surface area contributed by atoms with Gasteiger partial charge in [-0.3, -0.25) is 4.90 Å². The molecule has 1 heterocycles. The Morgan fingerprint density at radius 2 is 1.90 bits per heavy atom. The van der Waals surface area contributed by atoms with E-state index in [0.717, 1.165) is 0 Å². The molecule has 1 aliphatic heterocycles. The van der Waals surface area contributed by atoms with Crippen LogP contribution in [0.4, 0.5) is 0 Å². The monoisotopic (exact) mass is 322 g/mol. The molecule has 0 amide bonds. The third-order valence-corrected chi connectivity index (χ3v) is 5.86. The van der Waals surface area contributed by atoms with E-state index in [-0.39, 0.29) is 11.6 Å². The number of piperazine rings is 1. The van der Waals surface area contributed by atoms with E-state index in [1.54, 1.807) is 7.11 Å². The molecule has 0 atom stereocenters. The number of methoxy groups -OCH3 is 1. The number of nitrogens with zero attached hydrogens (tertiary/aromatic N) is 3. The van der Waals surface area contributed by atoms with Crippen molar-refractivity contribution in [2.75, 3.05) is 45.6 Å². The highest BCUT2D eigenvalue weighted by Crippen LogP contribution is 2.19. The van der Waals surface area contributed by atoms with Crippen molar-refractivity contribution >= 4 is 15.9 Å². The fraction of sp³-hybridized carbons (Fsp3) is 0.917. The average Bonchev–Trinajstić information content (AvgIpc) is 2.46. The van der Waals surface area contributed by atoms with Gasteiger partial charge in [0.2, 0.25) is 10.0 Å². The van der Waals surface area contributed by atoms with Gasteiger partial charge in [-0.25, -0.2) is 8.42 Å². The first kappa shape index (κ1) is 18.1. The van der Waals surface area contributed by atoms with E-state index >= 15 is 0 Å². The van der Waals surface area contributed by atoms with Crippen LogP contribution in [0.15, 0.2) is 5.16 Å². The van der Waals surface area contributed by atoms with Crippen molar-refractivity contribution in [3.05, 3.63) is 0 Å². The third kappa shape index (κ3) is 4.53. The summed E-state index contributed by atoms with van der Waals surface area (Å²) in [6.07, 6.45) is 0.495. The van der Waals surface area contributed by atoms with E-state index in [1.807, 2.05) is 18.7 Å². The molecule has 1 rings (SSSR count). The van der Waals surface area contributed by atoms with Crippen molar-refractivity contribution in [3.63, 3.8) is 0 Å². The Hall–Kier alpha value is -0.900. The maximum Gasteiger partial charge on any atom is 0.214 e. The van der Waals surface area contributed by atoms with E-state index in [0.29, 0.717) is 39.2 Å². The summed E-state index contributed by atoms with van der Waals surface area (Å²) in [5.74, 6) is 0.226. The first-order valence-electron chi connectivity index (χ1n) is 6.95. The third-order valence-electron chi connectivity index (χ3n) is 3.91. The standard InChI is InChI=1S/C12H26N4O4S/c1-12(2,11(13)14-17)15-5-7-16(8-6-15)21(18,19)10-4-9-20-3/h17H,4-10H2,1-3H3,(H2,13,14). The molecule has 0 bridgehead atoms. The molecule has 1 aliphatic rings. The van der Waals surface area contributed by atoms with Crippen LogP contribution in [-0.4, -0.2) is 79.9 Å². The van der Waals surface area contributed by atoms with Crippen LogP contribution in [0, 0.1) is 0 Å². The van der Waals surface area contributed by atoms with Crippen LogP contribution < -0.4 is 5.73 Å². The van der Waals surface area contributed by atoms with Crippen molar-refractivity contribution in [1.82, 2.24) is 9.21 Å². The van der Waals surface area contributed by atoms with Gasteiger partial charge in [-0.15, -0.1) is 0 Å². The van der Waals surface area contributed by atoms with Gasteiger partial charge in [0, 0.05) is 39.9 Å². The predicted molar refractivity (Wildman–Crippen MR) is 80.9 cm³/mol. The Labute approximate surface area is 126 Å². The fourth-order valence-corrected chi connectivity index (χ4v) is 3.78. The lowest BCUT2D eigenvalue weighted by molar-refractivity contribution is 0.119. The van der Waals surface area contributed by atoms with Crippen molar-refractivity contribution in [2.24, 2.45) is 10.9 Å². The second kappa shape index (κ2) is 7.39. The van der Waals surface area contributed by atoms with Crippen molar-refractivity contribution in [1.29, 1.82) is 0 Å². The Bertz CT molecular complexity index is 456. The lowest BCUT2D eigenvalue weighted by atomic mass is 10.0. The zero-order chi connectivity index (χ0) is 16.1. The number of ether oxygens (including phenoxy) is 1. The minimum absolute atomic E-state index is 0.102. The first-order chi connectivity index (χ1) is 9.75. The topological polar surface area (TPSA) is 108 Å². The first-order valence-corrected chi connectivity index (χ1v) is 8.56. The van der Waals surface area contributed by atoms with Crippen LogP contribution in [0.5, 0.6) is 0 Å². The minimum atomic E-state index is -3.23. The predicted octanol–water partition coefficient (Wildman–Crippen LogP) is -0.505. The number of rotatable bonds is 7. The summed E-state index contributed by atoms with van der Waals surface area (Å²) in [4.78, 5) is 2.02. The zero-order valence-electron chi connectivity index (χ0n) is 12.9. The fourth-order valence-electron chi connectivity index (χ4n) is 2.32. The van der Waals surface area contributed by atoms with Crippen LogP contribution in [0.3, 0.4) is 0 Å². The normalized spacial score (nSPS) is 19.9. The lowest BCUT2D eigenvalue weighted by Gasteiger charge is -2.42. The van der Waals surface area contributed by atoms with Gasteiger partial charge in [0.1, 0.15) is 0 Å². The number of amidine groups is 1. The molecule has 124 valence electrons. The summed E-state index contributed by atoms with van der Waals surface area (Å²) in [6, 6.07) is 0. The molecule has 0 spiro atoms. The summed E-state index contributed by atoms with van der Waals surface area (Å²) in [6.45, 7) is 6.07. The van der Waals surface area contributed by atoms with Gasteiger partial charge < -0.3 is 15.7 Å². The number of hydrogen-bond acceptors (Lipinski definition) is 6. The Morgan fingerprint density at radius 3 is 2.38 bits per heavy atom. The molecular formula is C12H26N4O4S. The van der Waals surface area contributed by atoms with Crippen molar-refractivity contribution in [2.45, 2.75) is 25.8 Å². The molecule has 8 nitrogen and oxygen atoms in total. The number of nitrogens with two attached hydrogens (primary N) is 1. The van der Waals surface area contributed by atoms with E-state index in [1.165, 1.54) is 4.31 Å². The van der Waals surface area contributed by atoms with Gasteiger partial charge in [0.05, 0.1) is 11.3 Å². The van der Waals surface area contributed by atoms with Gasteiger partial charge in [0.15, 0.2) is 5.84 Å². The van der Waals surface area contributed by atoms with Crippen LogP contribution in [0.25, 0.3) is 0 Å². The number of hydrogen-bond donors (Lipinski definition) is 2. The molecule has 0 aromatic heterocycles. The summed E-state index contributed by atoms with van der Waals surface area (Å²) in [5.41, 5.74) is 5.10. The Balaban J connectivity index is 2.60. The average molecular weight is 322 g/mol. The molecule has 0 radical (unpaired) electrons. The second-order valence-electron chi connectivity index (χ2n) is 5.59. The highest BCUT2D eigenvalue weighted by atomic mass is 32.2. The number of sulfonamides is 1. The summed E-state index contributed by atoms with van der Waals surface area (Å²) in [5, 5.41) is 11.9. The zero-order valence-corrected chi connectivity index (χ0v) is 13.8. The largest absolute Gasteiger partial charge is 0.409 e. The van der Waals surface area contributed by atoms with Crippen LogP contribution in [0.2, 0.25) is 0 Å². The van der Waals surface area contributed by atoms with E-state index in [4.69, 9.17) is 15.7 Å². The smallest absolute Gasteiger partial charge is 0.214 e. The molecule has 0 aliphatic carbocycles. The van der Waals surface area contributed by atoms with Gasteiger partial charge in [-0.05, 0) is 20.3 Å². The summed E-state index contributed by atoms with van der Waals surface area (Å²) >= 11 is 0. The molecule has 0 saturated carbocycles. The van der Waals surface area contributed by atoms with E-state index < -0.39 is 15.6 Å². The molecular weight excluding hydrogens is 296 g/mol. The molecule has 1 fully saturated rings. The van der Waals surface area contributed by atoms with Crippen molar-refractivity contribution < 1.29 is 18.4 Å². The summed E-state index contributed by atoms with van der Waals surface area (Å²) < 4.78 is 30.7. The van der Waals surface area contributed by atoms with Gasteiger partial charge in [-0.2, -0.15) is 4.31 Å². The second-order valence-corrected chi connectivity index (χ2v) is 7.68. The molecule has 0 aromatic carbocycles. The van der Waals surface area contributed by atoms with Gasteiger partial charge >= 0.3 is 0 Å².